The van der Waals surface area contributed by atoms with E-state index in [0.717, 1.165) is 48.4 Å². The number of unbranched alkanes of at least 4 members (excludes halogenated alkanes) is 3. The molecule has 0 aliphatic heterocycles. The first kappa shape index (κ1) is 18.4. The molecule has 0 aliphatic rings. The van der Waals surface area contributed by atoms with Crippen LogP contribution in [-0.4, -0.2) is 18.2 Å². The van der Waals surface area contributed by atoms with Gasteiger partial charge in [0, 0.05) is 16.8 Å². The third-order valence-corrected chi connectivity index (χ3v) is 4.49. The lowest BCUT2D eigenvalue weighted by Gasteiger charge is -2.11. The summed E-state index contributed by atoms with van der Waals surface area (Å²) >= 11 is 0. The van der Waals surface area contributed by atoms with E-state index in [0.29, 0.717) is 30.2 Å². The van der Waals surface area contributed by atoms with Gasteiger partial charge < -0.3 is 9.47 Å². The van der Waals surface area contributed by atoms with Gasteiger partial charge in [0.25, 0.3) is 0 Å². The van der Waals surface area contributed by atoms with E-state index >= 15 is 0 Å². The molecule has 0 amide bonds. The van der Waals surface area contributed by atoms with Gasteiger partial charge in [-0.05, 0) is 48.6 Å². The molecule has 4 heteroatoms. The predicted octanol–water partition coefficient (Wildman–Crippen LogP) is 6.28. The predicted molar refractivity (Wildman–Crippen MR) is 105 cm³/mol. The van der Waals surface area contributed by atoms with Gasteiger partial charge in [0.2, 0.25) is 5.88 Å². The normalized spacial score (nSPS) is 11.2. The lowest BCUT2D eigenvalue weighted by molar-refractivity contribution is 0.293. The molecule has 0 fully saturated rings. The summed E-state index contributed by atoms with van der Waals surface area (Å²) in [6.45, 7) is 5.47. The minimum absolute atomic E-state index is 0.302. The van der Waals surface area contributed by atoms with Gasteiger partial charge in [-0.3, -0.25) is 0 Å². The Bertz CT molecular complexity index is 879. The third-order valence-electron chi connectivity index (χ3n) is 4.49. The molecule has 0 spiro atoms. The summed E-state index contributed by atoms with van der Waals surface area (Å²) in [6, 6.07) is 11.0. The van der Waals surface area contributed by atoms with Crippen LogP contribution >= 0.6 is 0 Å². The Morgan fingerprint density at radius 1 is 0.769 bits per heavy atom. The minimum atomic E-state index is -0.302. The first-order valence-corrected chi connectivity index (χ1v) is 9.52. The molecular formula is C22H26FNO2. The van der Waals surface area contributed by atoms with Crippen molar-refractivity contribution in [3.63, 3.8) is 0 Å². The molecule has 0 unspecified atom stereocenters. The zero-order valence-electron chi connectivity index (χ0n) is 15.6. The highest BCUT2D eigenvalue weighted by atomic mass is 19.1. The van der Waals surface area contributed by atoms with E-state index in [1.807, 2.05) is 24.3 Å². The largest absolute Gasteiger partial charge is 0.490 e. The Labute approximate surface area is 154 Å². The van der Waals surface area contributed by atoms with E-state index < -0.39 is 0 Å². The maximum atomic E-state index is 14.8. The molecule has 0 N–H and O–H groups in total. The summed E-state index contributed by atoms with van der Waals surface area (Å²) in [6.07, 6.45) is 5.24. The van der Waals surface area contributed by atoms with Crippen LogP contribution in [0.1, 0.15) is 46.0 Å². The van der Waals surface area contributed by atoms with Crippen LogP contribution in [0.25, 0.3) is 21.7 Å². The molecule has 0 aliphatic carbocycles. The number of hydrogen-bond acceptors (Lipinski definition) is 3. The number of hydrogen-bond donors (Lipinski definition) is 0. The molecule has 1 aromatic heterocycles. The Hall–Kier alpha value is -2.36. The fourth-order valence-electron chi connectivity index (χ4n) is 2.99. The van der Waals surface area contributed by atoms with E-state index in [4.69, 9.17) is 9.47 Å². The Balaban J connectivity index is 1.87. The van der Waals surface area contributed by atoms with Gasteiger partial charge in [0.05, 0.1) is 18.7 Å². The smallest absolute Gasteiger partial charge is 0.213 e. The van der Waals surface area contributed by atoms with Crippen molar-refractivity contribution in [2.75, 3.05) is 13.2 Å². The molecule has 138 valence electrons. The third kappa shape index (κ3) is 4.06. The van der Waals surface area contributed by atoms with Crippen LogP contribution in [-0.2, 0) is 0 Å². The number of rotatable bonds is 9. The zero-order valence-corrected chi connectivity index (χ0v) is 15.6. The summed E-state index contributed by atoms with van der Waals surface area (Å²) in [5.41, 5.74) is 0.808. The van der Waals surface area contributed by atoms with Crippen LogP contribution in [0.5, 0.6) is 11.6 Å². The summed E-state index contributed by atoms with van der Waals surface area (Å²) in [5, 5.41) is 2.32. The van der Waals surface area contributed by atoms with Gasteiger partial charge in [0.15, 0.2) is 11.6 Å². The molecular weight excluding hydrogens is 329 g/mol. The minimum Gasteiger partial charge on any atom is -0.490 e. The SMILES string of the molecule is CCCCCOc1ccc2c(ccc3nc(OCCCC)ccc32)c1F. The zero-order chi connectivity index (χ0) is 18.4. The number of halogens is 1. The van der Waals surface area contributed by atoms with Crippen LogP contribution in [0, 0.1) is 5.82 Å². The summed E-state index contributed by atoms with van der Waals surface area (Å²) in [7, 11) is 0. The van der Waals surface area contributed by atoms with Gasteiger partial charge >= 0.3 is 0 Å². The molecule has 0 radical (unpaired) electrons. The maximum absolute atomic E-state index is 14.8. The first-order valence-electron chi connectivity index (χ1n) is 9.52. The lowest BCUT2D eigenvalue weighted by Crippen LogP contribution is -2.00. The molecule has 26 heavy (non-hydrogen) atoms. The molecule has 0 saturated carbocycles. The number of benzene rings is 2. The summed E-state index contributed by atoms with van der Waals surface area (Å²) in [4.78, 5) is 4.54. The van der Waals surface area contributed by atoms with Gasteiger partial charge in [-0.15, -0.1) is 0 Å². The average molecular weight is 355 g/mol. The average Bonchev–Trinajstić information content (AvgIpc) is 2.66. The second-order valence-corrected chi connectivity index (χ2v) is 6.51. The van der Waals surface area contributed by atoms with Gasteiger partial charge in [-0.25, -0.2) is 9.37 Å². The number of pyridine rings is 1. The van der Waals surface area contributed by atoms with Gasteiger partial charge in [0.1, 0.15) is 0 Å². The summed E-state index contributed by atoms with van der Waals surface area (Å²) in [5.74, 6) is 0.631. The molecule has 0 bridgehead atoms. The van der Waals surface area contributed by atoms with E-state index in [2.05, 4.69) is 18.8 Å². The monoisotopic (exact) mass is 355 g/mol. The van der Waals surface area contributed by atoms with E-state index in [1.165, 1.54) is 0 Å². The lowest BCUT2D eigenvalue weighted by atomic mass is 10.0. The number of fused-ring (bicyclic) bond motifs is 3. The van der Waals surface area contributed by atoms with E-state index in [9.17, 15) is 4.39 Å². The van der Waals surface area contributed by atoms with Crippen molar-refractivity contribution in [3.8, 4) is 11.6 Å². The number of aromatic nitrogens is 1. The van der Waals surface area contributed by atoms with E-state index in [1.54, 1.807) is 12.1 Å². The van der Waals surface area contributed by atoms with Gasteiger partial charge in [-0.2, -0.15) is 0 Å². The fourth-order valence-corrected chi connectivity index (χ4v) is 2.99. The van der Waals surface area contributed by atoms with Gasteiger partial charge in [-0.1, -0.05) is 33.1 Å². The number of ether oxygens (including phenoxy) is 2. The Kier molecular flexibility index (Phi) is 6.26. The molecule has 3 aromatic rings. The Morgan fingerprint density at radius 2 is 1.50 bits per heavy atom. The fraction of sp³-hybridized carbons (Fsp3) is 0.409. The van der Waals surface area contributed by atoms with Crippen molar-refractivity contribution in [3.05, 3.63) is 42.2 Å². The Morgan fingerprint density at radius 3 is 2.31 bits per heavy atom. The standard InChI is InChI=1S/C22H26FNO2/c1-3-5-7-15-25-20-12-9-16-17-10-13-21(26-14-6-4-2)24-19(17)11-8-18(16)22(20)23/h8-13H,3-7,14-15H2,1-2H3. The second kappa shape index (κ2) is 8.84. The van der Waals surface area contributed by atoms with Crippen LogP contribution in [0.3, 0.4) is 0 Å². The van der Waals surface area contributed by atoms with Crippen molar-refractivity contribution in [1.29, 1.82) is 0 Å². The second-order valence-electron chi connectivity index (χ2n) is 6.51. The van der Waals surface area contributed by atoms with Crippen molar-refractivity contribution >= 4 is 21.7 Å². The molecule has 3 nitrogen and oxygen atoms in total. The first-order chi connectivity index (χ1) is 12.7. The van der Waals surface area contributed by atoms with Crippen LogP contribution in [0.2, 0.25) is 0 Å². The quantitative estimate of drug-likeness (QED) is 0.334. The van der Waals surface area contributed by atoms with Crippen molar-refractivity contribution < 1.29 is 13.9 Å². The van der Waals surface area contributed by atoms with Crippen molar-refractivity contribution in [2.45, 2.75) is 46.0 Å². The van der Waals surface area contributed by atoms with Crippen molar-refractivity contribution in [2.24, 2.45) is 0 Å². The molecule has 1 heterocycles. The van der Waals surface area contributed by atoms with Crippen LogP contribution in [0.15, 0.2) is 36.4 Å². The maximum Gasteiger partial charge on any atom is 0.213 e. The highest BCUT2D eigenvalue weighted by Crippen LogP contribution is 2.32. The highest BCUT2D eigenvalue weighted by molar-refractivity contribution is 6.06. The molecule has 3 rings (SSSR count). The molecule has 0 atom stereocenters. The van der Waals surface area contributed by atoms with Crippen molar-refractivity contribution in [1.82, 2.24) is 4.98 Å². The van der Waals surface area contributed by atoms with Crippen LogP contribution < -0.4 is 9.47 Å². The number of nitrogens with zero attached hydrogens (tertiary/aromatic N) is 1. The van der Waals surface area contributed by atoms with E-state index in [-0.39, 0.29) is 5.82 Å². The summed E-state index contributed by atoms with van der Waals surface area (Å²) < 4.78 is 26.1. The van der Waals surface area contributed by atoms with Crippen LogP contribution in [0.4, 0.5) is 4.39 Å². The molecule has 2 aromatic carbocycles. The molecule has 0 saturated heterocycles. The highest BCUT2D eigenvalue weighted by Gasteiger charge is 2.12. The topological polar surface area (TPSA) is 31.4 Å².